The van der Waals surface area contributed by atoms with Crippen molar-refractivity contribution >= 4 is 16.5 Å². The van der Waals surface area contributed by atoms with Crippen LogP contribution >= 0.6 is 11.3 Å². The molecule has 0 amide bonds. The van der Waals surface area contributed by atoms with Gasteiger partial charge in [0.15, 0.2) is 0 Å². The molecule has 5 heteroatoms. The van der Waals surface area contributed by atoms with Crippen LogP contribution in [-0.4, -0.2) is 29.0 Å². The summed E-state index contributed by atoms with van der Waals surface area (Å²) >= 11 is 1.67. The summed E-state index contributed by atoms with van der Waals surface area (Å²) in [5.41, 5.74) is 0. The number of rotatable bonds is 5. The number of hydrogen-bond donors (Lipinski definition) is 1. The Morgan fingerprint density at radius 1 is 1.41 bits per heavy atom. The van der Waals surface area contributed by atoms with Crippen molar-refractivity contribution in [2.45, 2.75) is 58.1 Å². The Kier molecular flexibility index (Phi) is 4.74. The molecule has 17 heavy (non-hydrogen) atoms. The second-order valence-electron chi connectivity index (χ2n) is 4.50. The third-order valence-corrected chi connectivity index (χ3v) is 4.07. The summed E-state index contributed by atoms with van der Waals surface area (Å²) in [7, 11) is 0. The molecule has 1 aliphatic heterocycles. The first-order valence-corrected chi connectivity index (χ1v) is 7.34. The van der Waals surface area contributed by atoms with E-state index in [4.69, 9.17) is 4.74 Å². The third kappa shape index (κ3) is 3.64. The van der Waals surface area contributed by atoms with Gasteiger partial charge in [0.1, 0.15) is 5.01 Å². The number of aromatic nitrogens is 2. The van der Waals surface area contributed by atoms with E-state index in [-0.39, 0.29) is 0 Å². The standard InChI is InChI=1S/C12H21N3OS/c1-3-5-10-8-9(6-7-16-10)13-12-15-14-11(4-2)17-12/h9-10H,3-8H2,1-2H3,(H,13,15). The van der Waals surface area contributed by atoms with Crippen molar-refractivity contribution in [3.05, 3.63) is 5.01 Å². The molecule has 2 atom stereocenters. The molecule has 0 spiro atoms. The molecule has 1 aromatic heterocycles. The predicted molar refractivity (Wildman–Crippen MR) is 70.6 cm³/mol. The van der Waals surface area contributed by atoms with Crippen LogP contribution in [0, 0.1) is 0 Å². The highest BCUT2D eigenvalue weighted by Crippen LogP contribution is 2.23. The van der Waals surface area contributed by atoms with E-state index < -0.39 is 0 Å². The van der Waals surface area contributed by atoms with Gasteiger partial charge in [0.05, 0.1) is 6.10 Å². The molecule has 4 nitrogen and oxygen atoms in total. The molecular formula is C12H21N3OS. The first-order valence-electron chi connectivity index (χ1n) is 6.52. The summed E-state index contributed by atoms with van der Waals surface area (Å²) in [6.45, 7) is 5.18. The lowest BCUT2D eigenvalue weighted by Gasteiger charge is -2.29. The molecule has 1 aromatic rings. The van der Waals surface area contributed by atoms with E-state index in [1.807, 2.05) is 0 Å². The average Bonchev–Trinajstić information content (AvgIpc) is 2.78. The fourth-order valence-corrected chi connectivity index (χ4v) is 2.92. The molecule has 0 radical (unpaired) electrons. The molecule has 2 unspecified atom stereocenters. The normalized spacial score (nSPS) is 24.8. The van der Waals surface area contributed by atoms with Gasteiger partial charge in [-0.3, -0.25) is 0 Å². The van der Waals surface area contributed by atoms with Gasteiger partial charge in [-0.25, -0.2) is 0 Å². The Morgan fingerprint density at radius 3 is 3.00 bits per heavy atom. The molecule has 0 saturated carbocycles. The molecule has 1 aliphatic rings. The van der Waals surface area contributed by atoms with Crippen LogP contribution in [0.25, 0.3) is 0 Å². The zero-order valence-corrected chi connectivity index (χ0v) is 11.4. The van der Waals surface area contributed by atoms with Crippen LogP contribution in [0.5, 0.6) is 0 Å². The number of anilines is 1. The quantitative estimate of drug-likeness (QED) is 0.879. The van der Waals surface area contributed by atoms with Crippen molar-refractivity contribution in [3.8, 4) is 0 Å². The molecule has 1 fully saturated rings. The van der Waals surface area contributed by atoms with Crippen LogP contribution in [0.1, 0.15) is 44.5 Å². The maximum atomic E-state index is 5.74. The van der Waals surface area contributed by atoms with Crippen LogP contribution in [0.15, 0.2) is 0 Å². The van der Waals surface area contributed by atoms with Gasteiger partial charge in [-0.05, 0) is 25.7 Å². The Balaban J connectivity index is 1.85. The first-order chi connectivity index (χ1) is 8.31. The van der Waals surface area contributed by atoms with Gasteiger partial charge < -0.3 is 10.1 Å². The smallest absolute Gasteiger partial charge is 0.205 e. The summed E-state index contributed by atoms with van der Waals surface area (Å²) in [5, 5.41) is 13.9. The monoisotopic (exact) mass is 255 g/mol. The zero-order chi connectivity index (χ0) is 12.1. The van der Waals surface area contributed by atoms with Gasteiger partial charge in [0, 0.05) is 12.6 Å². The number of ether oxygens (including phenoxy) is 1. The largest absolute Gasteiger partial charge is 0.378 e. The zero-order valence-electron chi connectivity index (χ0n) is 10.6. The van der Waals surface area contributed by atoms with E-state index in [1.165, 1.54) is 6.42 Å². The molecule has 2 heterocycles. The summed E-state index contributed by atoms with van der Waals surface area (Å²) in [5.74, 6) is 0. The van der Waals surface area contributed by atoms with Gasteiger partial charge in [-0.1, -0.05) is 31.6 Å². The molecular weight excluding hydrogens is 234 g/mol. The SMILES string of the molecule is CCCC1CC(Nc2nnc(CC)s2)CCO1. The van der Waals surface area contributed by atoms with Crippen LogP contribution < -0.4 is 5.32 Å². The highest BCUT2D eigenvalue weighted by atomic mass is 32.1. The van der Waals surface area contributed by atoms with Gasteiger partial charge in [-0.15, -0.1) is 10.2 Å². The summed E-state index contributed by atoms with van der Waals surface area (Å²) in [6.07, 6.45) is 5.90. The van der Waals surface area contributed by atoms with Crippen molar-refractivity contribution in [2.75, 3.05) is 11.9 Å². The van der Waals surface area contributed by atoms with E-state index in [2.05, 4.69) is 29.4 Å². The minimum atomic E-state index is 0.421. The van der Waals surface area contributed by atoms with E-state index in [1.54, 1.807) is 11.3 Å². The lowest BCUT2D eigenvalue weighted by atomic mass is 10.0. The lowest BCUT2D eigenvalue weighted by molar-refractivity contribution is 0.00597. The maximum absolute atomic E-state index is 5.74. The highest BCUT2D eigenvalue weighted by Gasteiger charge is 2.22. The van der Waals surface area contributed by atoms with E-state index >= 15 is 0 Å². The van der Waals surface area contributed by atoms with Gasteiger partial charge in [0.2, 0.25) is 5.13 Å². The fourth-order valence-electron chi connectivity index (χ4n) is 2.16. The minimum Gasteiger partial charge on any atom is -0.378 e. The average molecular weight is 255 g/mol. The van der Waals surface area contributed by atoms with Crippen molar-refractivity contribution in [2.24, 2.45) is 0 Å². The van der Waals surface area contributed by atoms with Crippen LogP contribution in [0.4, 0.5) is 5.13 Å². The van der Waals surface area contributed by atoms with Crippen molar-refractivity contribution in [1.29, 1.82) is 0 Å². The lowest BCUT2D eigenvalue weighted by Crippen LogP contribution is -2.33. The molecule has 0 aromatic carbocycles. The predicted octanol–water partition coefficient (Wildman–Crippen LogP) is 2.86. The molecule has 96 valence electrons. The topological polar surface area (TPSA) is 47.0 Å². The minimum absolute atomic E-state index is 0.421. The number of nitrogens with one attached hydrogen (secondary N) is 1. The van der Waals surface area contributed by atoms with Gasteiger partial charge >= 0.3 is 0 Å². The maximum Gasteiger partial charge on any atom is 0.205 e. The van der Waals surface area contributed by atoms with Crippen LogP contribution in [0.2, 0.25) is 0 Å². The summed E-state index contributed by atoms with van der Waals surface area (Å²) in [6, 6.07) is 0.498. The highest BCUT2D eigenvalue weighted by molar-refractivity contribution is 7.15. The molecule has 0 aliphatic carbocycles. The van der Waals surface area contributed by atoms with Crippen LogP contribution in [0.3, 0.4) is 0 Å². The van der Waals surface area contributed by atoms with Gasteiger partial charge in [-0.2, -0.15) is 0 Å². The molecule has 1 saturated heterocycles. The fraction of sp³-hybridized carbons (Fsp3) is 0.833. The second-order valence-corrected chi connectivity index (χ2v) is 5.56. The Hall–Kier alpha value is -0.680. The second kappa shape index (κ2) is 6.31. The van der Waals surface area contributed by atoms with Gasteiger partial charge in [0.25, 0.3) is 0 Å². The first kappa shape index (κ1) is 12.8. The Morgan fingerprint density at radius 2 is 2.29 bits per heavy atom. The molecule has 2 rings (SSSR count). The number of aryl methyl sites for hydroxylation is 1. The van der Waals surface area contributed by atoms with E-state index in [9.17, 15) is 0 Å². The summed E-state index contributed by atoms with van der Waals surface area (Å²) in [4.78, 5) is 0. The van der Waals surface area contributed by atoms with E-state index in [0.717, 1.165) is 42.4 Å². The van der Waals surface area contributed by atoms with E-state index in [0.29, 0.717) is 12.1 Å². The van der Waals surface area contributed by atoms with Crippen molar-refractivity contribution < 1.29 is 4.74 Å². The molecule has 1 N–H and O–H groups in total. The van der Waals surface area contributed by atoms with Crippen molar-refractivity contribution in [1.82, 2.24) is 10.2 Å². The van der Waals surface area contributed by atoms with Crippen LogP contribution in [-0.2, 0) is 11.2 Å². The van der Waals surface area contributed by atoms with Crippen molar-refractivity contribution in [3.63, 3.8) is 0 Å². The Bertz CT molecular complexity index is 340. The number of nitrogens with zero attached hydrogens (tertiary/aromatic N) is 2. The third-order valence-electron chi connectivity index (χ3n) is 3.07. The summed E-state index contributed by atoms with van der Waals surface area (Å²) < 4.78 is 5.74. The number of hydrogen-bond acceptors (Lipinski definition) is 5. The Labute approximate surface area is 107 Å². The molecule has 0 bridgehead atoms.